The quantitative estimate of drug-likeness (QED) is 0.800. The van der Waals surface area contributed by atoms with Crippen LogP contribution in [0, 0.1) is 5.92 Å². The Morgan fingerprint density at radius 2 is 2.07 bits per heavy atom. The van der Waals surface area contributed by atoms with Gasteiger partial charge < -0.3 is 5.32 Å². The van der Waals surface area contributed by atoms with E-state index in [0.29, 0.717) is 18.0 Å². The van der Waals surface area contributed by atoms with Crippen molar-refractivity contribution in [3.05, 3.63) is 30.1 Å². The van der Waals surface area contributed by atoms with Crippen LogP contribution in [0.4, 0.5) is 0 Å². The third kappa shape index (κ3) is 3.63. The van der Waals surface area contributed by atoms with Crippen LogP contribution < -0.4 is 5.32 Å². The second kappa shape index (κ2) is 5.86. The van der Waals surface area contributed by atoms with Crippen LogP contribution in [-0.2, 0) is 0 Å². The molecule has 0 aliphatic rings. The van der Waals surface area contributed by atoms with Gasteiger partial charge in [0, 0.05) is 24.5 Å². The Kier molecular flexibility index (Phi) is 4.76. The predicted octanol–water partition coefficient (Wildman–Crippen LogP) is 3.17. The van der Waals surface area contributed by atoms with Gasteiger partial charge in [-0.05, 0) is 31.4 Å². The first kappa shape index (κ1) is 12.2. The lowest BCUT2D eigenvalue weighted by Crippen LogP contribution is -2.33. The van der Waals surface area contributed by atoms with Crippen molar-refractivity contribution in [2.45, 2.75) is 46.2 Å². The summed E-state index contributed by atoms with van der Waals surface area (Å²) in [5, 5.41) is 3.61. The van der Waals surface area contributed by atoms with Crippen LogP contribution in [0.5, 0.6) is 0 Å². The van der Waals surface area contributed by atoms with Crippen molar-refractivity contribution in [2.24, 2.45) is 5.92 Å². The molecule has 84 valence electrons. The van der Waals surface area contributed by atoms with Gasteiger partial charge in [0.15, 0.2) is 0 Å². The van der Waals surface area contributed by atoms with E-state index in [2.05, 4.69) is 44.1 Å². The van der Waals surface area contributed by atoms with Crippen LogP contribution >= 0.6 is 0 Å². The van der Waals surface area contributed by atoms with E-state index in [-0.39, 0.29) is 0 Å². The zero-order chi connectivity index (χ0) is 11.3. The molecule has 0 amide bonds. The Hall–Kier alpha value is -0.890. The lowest BCUT2D eigenvalue weighted by Gasteiger charge is -2.24. The lowest BCUT2D eigenvalue weighted by molar-refractivity contribution is 0.360. The highest BCUT2D eigenvalue weighted by Crippen LogP contribution is 2.14. The van der Waals surface area contributed by atoms with Crippen molar-refractivity contribution in [2.75, 3.05) is 0 Å². The number of nitrogens with one attached hydrogen (secondary N) is 1. The van der Waals surface area contributed by atoms with Crippen LogP contribution in [0.15, 0.2) is 24.5 Å². The van der Waals surface area contributed by atoms with Gasteiger partial charge in [0.2, 0.25) is 0 Å². The fraction of sp³-hybridized carbons (Fsp3) is 0.615. The number of pyridine rings is 1. The topological polar surface area (TPSA) is 24.9 Å². The normalized spacial score (nSPS) is 17.1. The van der Waals surface area contributed by atoms with Crippen molar-refractivity contribution in [3.8, 4) is 0 Å². The summed E-state index contributed by atoms with van der Waals surface area (Å²) in [5.74, 6) is 0.712. The van der Waals surface area contributed by atoms with E-state index in [1.54, 1.807) is 0 Å². The maximum atomic E-state index is 4.14. The highest BCUT2D eigenvalue weighted by Gasteiger charge is 2.13. The van der Waals surface area contributed by atoms with Gasteiger partial charge in [-0.1, -0.05) is 26.3 Å². The molecule has 0 spiro atoms. The first-order valence-corrected chi connectivity index (χ1v) is 5.81. The number of hydrogen-bond donors (Lipinski definition) is 1. The molecule has 0 aromatic carbocycles. The molecule has 0 radical (unpaired) electrons. The van der Waals surface area contributed by atoms with E-state index >= 15 is 0 Å². The van der Waals surface area contributed by atoms with E-state index in [4.69, 9.17) is 0 Å². The Balaban J connectivity index is 2.52. The van der Waals surface area contributed by atoms with Gasteiger partial charge in [-0.3, -0.25) is 4.98 Å². The maximum Gasteiger partial charge on any atom is 0.0315 e. The summed E-state index contributed by atoms with van der Waals surface area (Å²) >= 11 is 0. The highest BCUT2D eigenvalue weighted by atomic mass is 14.9. The maximum absolute atomic E-state index is 4.14. The molecule has 0 saturated carbocycles. The molecule has 1 aromatic heterocycles. The molecule has 1 rings (SSSR count). The molecule has 0 aliphatic carbocycles. The van der Waals surface area contributed by atoms with E-state index in [1.165, 1.54) is 12.0 Å². The van der Waals surface area contributed by atoms with Crippen LogP contribution in [0.2, 0.25) is 0 Å². The Morgan fingerprint density at radius 1 is 1.33 bits per heavy atom. The summed E-state index contributed by atoms with van der Waals surface area (Å²) in [4.78, 5) is 4.14. The number of hydrogen-bond acceptors (Lipinski definition) is 2. The van der Waals surface area contributed by atoms with Gasteiger partial charge >= 0.3 is 0 Å². The molecule has 2 unspecified atom stereocenters. The summed E-state index contributed by atoms with van der Waals surface area (Å²) < 4.78 is 0. The van der Waals surface area contributed by atoms with Gasteiger partial charge in [-0.2, -0.15) is 0 Å². The van der Waals surface area contributed by atoms with Gasteiger partial charge in [-0.25, -0.2) is 0 Å². The van der Waals surface area contributed by atoms with E-state index in [9.17, 15) is 0 Å². The number of aromatic nitrogens is 1. The molecule has 2 nitrogen and oxygen atoms in total. The van der Waals surface area contributed by atoms with Crippen molar-refractivity contribution in [3.63, 3.8) is 0 Å². The minimum Gasteiger partial charge on any atom is -0.307 e. The minimum absolute atomic E-state index is 0.378. The number of nitrogens with zero attached hydrogens (tertiary/aromatic N) is 1. The number of rotatable bonds is 5. The van der Waals surface area contributed by atoms with Crippen LogP contribution in [-0.4, -0.2) is 11.0 Å². The summed E-state index contributed by atoms with van der Waals surface area (Å²) in [6.45, 7) is 8.96. The largest absolute Gasteiger partial charge is 0.307 e. The van der Waals surface area contributed by atoms with Crippen molar-refractivity contribution < 1.29 is 0 Å². The zero-order valence-electron chi connectivity index (χ0n) is 10.2. The highest BCUT2D eigenvalue weighted by molar-refractivity contribution is 5.12. The second-order valence-electron chi connectivity index (χ2n) is 4.35. The van der Waals surface area contributed by atoms with Crippen LogP contribution in [0.3, 0.4) is 0 Å². The summed E-state index contributed by atoms with van der Waals surface area (Å²) in [7, 11) is 0. The Labute approximate surface area is 93.1 Å². The molecular formula is C13H22N2. The molecule has 3 atom stereocenters. The zero-order valence-corrected chi connectivity index (χ0v) is 10.2. The standard InChI is InChI=1S/C13H22N2/c1-5-10(2)11(3)15-12(4)13-7-6-8-14-9-13/h6-12,15H,5H2,1-4H3/t10?,11?,12-/m1/s1. The molecule has 1 heterocycles. The molecule has 1 N–H and O–H groups in total. The first-order valence-electron chi connectivity index (χ1n) is 5.81. The van der Waals surface area contributed by atoms with Crippen molar-refractivity contribution in [1.82, 2.24) is 10.3 Å². The van der Waals surface area contributed by atoms with Crippen molar-refractivity contribution in [1.29, 1.82) is 0 Å². The van der Waals surface area contributed by atoms with E-state index in [0.717, 1.165) is 0 Å². The van der Waals surface area contributed by atoms with Gasteiger partial charge in [0.25, 0.3) is 0 Å². The lowest BCUT2D eigenvalue weighted by atomic mass is 9.99. The summed E-state index contributed by atoms with van der Waals surface area (Å²) in [6, 6.07) is 5.03. The average Bonchev–Trinajstić information content (AvgIpc) is 2.29. The fourth-order valence-corrected chi connectivity index (χ4v) is 1.64. The minimum atomic E-state index is 0.378. The SMILES string of the molecule is CCC(C)C(C)N[C@H](C)c1cccnc1. The molecule has 0 fully saturated rings. The van der Waals surface area contributed by atoms with Crippen LogP contribution in [0.1, 0.15) is 45.7 Å². The molecule has 2 heteroatoms. The summed E-state index contributed by atoms with van der Waals surface area (Å²) in [6.07, 6.45) is 4.96. The second-order valence-corrected chi connectivity index (χ2v) is 4.35. The van der Waals surface area contributed by atoms with Crippen molar-refractivity contribution >= 4 is 0 Å². The van der Waals surface area contributed by atoms with Gasteiger partial charge in [0.1, 0.15) is 0 Å². The molecule has 0 aliphatic heterocycles. The molecule has 0 saturated heterocycles. The smallest absolute Gasteiger partial charge is 0.0315 e. The van der Waals surface area contributed by atoms with Crippen LogP contribution in [0.25, 0.3) is 0 Å². The first-order chi connectivity index (χ1) is 7.15. The third-order valence-electron chi connectivity index (χ3n) is 3.19. The molecule has 0 bridgehead atoms. The monoisotopic (exact) mass is 206 g/mol. The van der Waals surface area contributed by atoms with E-state index < -0.39 is 0 Å². The third-order valence-corrected chi connectivity index (χ3v) is 3.19. The predicted molar refractivity (Wildman–Crippen MR) is 64.7 cm³/mol. The molecule has 1 aromatic rings. The van der Waals surface area contributed by atoms with E-state index in [1.807, 2.05) is 18.5 Å². The van der Waals surface area contributed by atoms with Gasteiger partial charge in [0.05, 0.1) is 0 Å². The fourth-order valence-electron chi connectivity index (χ4n) is 1.64. The Morgan fingerprint density at radius 3 is 2.60 bits per heavy atom. The average molecular weight is 206 g/mol. The van der Waals surface area contributed by atoms with Gasteiger partial charge in [-0.15, -0.1) is 0 Å². The summed E-state index contributed by atoms with van der Waals surface area (Å²) in [5.41, 5.74) is 1.26. The molecular weight excluding hydrogens is 184 g/mol. The Bertz CT molecular complexity index is 271. The molecule has 15 heavy (non-hydrogen) atoms.